The Balaban J connectivity index is 2.05. The number of aromatic nitrogens is 3. The van der Waals surface area contributed by atoms with Crippen LogP contribution in [0.2, 0.25) is 0 Å². The monoisotopic (exact) mass is 249 g/mol. The van der Waals surface area contributed by atoms with Gasteiger partial charge in [0.15, 0.2) is 0 Å². The molecule has 0 aliphatic carbocycles. The van der Waals surface area contributed by atoms with Crippen LogP contribution < -0.4 is 11.1 Å². The summed E-state index contributed by atoms with van der Waals surface area (Å²) >= 11 is 1.72. The Hall–Kier alpha value is -1.69. The first-order valence-electron chi connectivity index (χ1n) is 5.47. The number of hydrogen-bond donors (Lipinski definition) is 2. The van der Waals surface area contributed by atoms with Crippen LogP contribution in [0.5, 0.6) is 0 Å². The Morgan fingerprint density at radius 2 is 2.12 bits per heavy atom. The lowest BCUT2D eigenvalue weighted by molar-refractivity contribution is 0.858. The fraction of sp³-hybridized carbons (Fsp3) is 0.364. The summed E-state index contributed by atoms with van der Waals surface area (Å²) in [7, 11) is 0. The van der Waals surface area contributed by atoms with Gasteiger partial charge < -0.3 is 11.1 Å². The molecule has 6 heteroatoms. The average Bonchev–Trinajstić information content (AvgIpc) is 2.81. The van der Waals surface area contributed by atoms with Crippen LogP contribution in [0.25, 0.3) is 0 Å². The molecule has 2 aromatic rings. The van der Waals surface area contributed by atoms with E-state index in [0.717, 1.165) is 11.4 Å². The van der Waals surface area contributed by atoms with Gasteiger partial charge in [0.1, 0.15) is 16.6 Å². The largest absolute Gasteiger partial charge is 0.382 e. The molecule has 17 heavy (non-hydrogen) atoms. The van der Waals surface area contributed by atoms with Crippen molar-refractivity contribution >= 4 is 23.0 Å². The quantitative estimate of drug-likeness (QED) is 0.869. The van der Waals surface area contributed by atoms with Gasteiger partial charge in [-0.2, -0.15) is 0 Å². The molecular formula is C11H15N5S. The van der Waals surface area contributed by atoms with Crippen LogP contribution in [0.1, 0.15) is 29.8 Å². The van der Waals surface area contributed by atoms with E-state index >= 15 is 0 Å². The summed E-state index contributed by atoms with van der Waals surface area (Å²) in [6, 6.07) is 0.123. The lowest BCUT2D eigenvalue weighted by atomic mass is 10.3. The Labute approximate surface area is 104 Å². The summed E-state index contributed by atoms with van der Waals surface area (Å²) in [5, 5.41) is 4.30. The van der Waals surface area contributed by atoms with E-state index < -0.39 is 0 Å². The number of nitrogens with zero attached hydrogens (tertiary/aromatic N) is 3. The molecule has 3 N–H and O–H groups in total. The molecule has 2 heterocycles. The molecule has 0 aliphatic rings. The third kappa shape index (κ3) is 2.91. The second kappa shape index (κ2) is 5.09. The summed E-state index contributed by atoms with van der Waals surface area (Å²) in [6.07, 6.45) is 6.10. The number of thiazole rings is 1. The maximum atomic E-state index is 5.48. The minimum absolute atomic E-state index is 0.123. The van der Waals surface area contributed by atoms with E-state index in [-0.39, 0.29) is 6.04 Å². The van der Waals surface area contributed by atoms with E-state index in [9.17, 15) is 0 Å². The minimum Gasteiger partial charge on any atom is -0.382 e. The van der Waals surface area contributed by atoms with Gasteiger partial charge in [-0.3, -0.25) is 0 Å². The SMILES string of the molecule is CCc1cnc(C(C)Nc2cnc(N)cn2)s1. The van der Waals surface area contributed by atoms with Crippen LogP contribution in [0, 0.1) is 0 Å². The van der Waals surface area contributed by atoms with Crippen LogP contribution in [0.3, 0.4) is 0 Å². The smallest absolute Gasteiger partial charge is 0.145 e. The van der Waals surface area contributed by atoms with Gasteiger partial charge in [-0.25, -0.2) is 15.0 Å². The highest BCUT2D eigenvalue weighted by Crippen LogP contribution is 2.22. The number of nitrogens with two attached hydrogens (primary N) is 1. The van der Waals surface area contributed by atoms with E-state index in [1.54, 1.807) is 17.5 Å². The molecule has 0 fully saturated rings. The molecule has 2 aromatic heterocycles. The topological polar surface area (TPSA) is 76.7 Å². The van der Waals surface area contributed by atoms with E-state index in [0.29, 0.717) is 11.6 Å². The van der Waals surface area contributed by atoms with Crippen molar-refractivity contribution < 1.29 is 0 Å². The number of aryl methyl sites for hydroxylation is 1. The van der Waals surface area contributed by atoms with Crippen molar-refractivity contribution in [1.29, 1.82) is 0 Å². The molecule has 1 atom stereocenters. The van der Waals surface area contributed by atoms with Gasteiger partial charge in [-0.05, 0) is 13.3 Å². The molecule has 0 amide bonds. The second-order valence-corrected chi connectivity index (χ2v) is 4.86. The van der Waals surface area contributed by atoms with Crippen molar-refractivity contribution in [3.63, 3.8) is 0 Å². The summed E-state index contributed by atoms with van der Waals surface area (Å²) in [5.41, 5.74) is 5.48. The molecular weight excluding hydrogens is 234 g/mol. The van der Waals surface area contributed by atoms with E-state index in [4.69, 9.17) is 5.73 Å². The summed E-state index contributed by atoms with van der Waals surface area (Å²) in [5.74, 6) is 1.13. The molecule has 0 aliphatic heterocycles. The van der Waals surface area contributed by atoms with Crippen LogP contribution in [0.15, 0.2) is 18.6 Å². The number of nitrogens with one attached hydrogen (secondary N) is 1. The summed E-state index contributed by atoms with van der Waals surface area (Å²) < 4.78 is 0. The van der Waals surface area contributed by atoms with Gasteiger partial charge in [0.2, 0.25) is 0 Å². The van der Waals surface area contributed by atoms with Crippen LogP contribution >= 0.6 is 11.3 Å². The fourth-order valence-electron chi connectivity index (χ4n) is 1.38. The van der Waals surface area contributed by atoms with Gasteiger partial charge in [0.05, 0.1) is 18.4 Å². The van der Waals surface area contributed by atoms with E-state index in [1.807, 2.05) is 6.20 Å². The maximum absolute atomic E-state index is 5.48. The van der Waals surface area contributed by atoms with Crippen molar-refractivity contribution in [2.24, 2.45) is 0 Å². The lowest BCUT2D eigenvalue weighted by Gasteiger charge is -2.11. The second-order valence-electron chi connectivity index (χ2n) is 3.71. The Kier molecular flexibility index (Phi) is 3.53. The van der Waals surface area contributed by atoms with E-state index in [2.05, 4.69) is 34.1 Å². The van der Waals surface area contributed by atoms with Gasteiger partial charge in [0.25, 0.3) is 0 Å². The Bertz CT molecular complexity index is 479. The molecule has 1 unspecified atom stereocenters. The zero-order valence-corrected chi connectivity index (χ0v) is 10.7. The normalized spacial score (nSPS) is 12.4. The van der Waals surface area contributed by atoms with Gasteiger partial charge in [-0.1, -0.05) is 6.92 Å². The van der Waals surface area contributed by atoms with Crippen molar-refractivity contribution in [3.8, 4) is 0 Å². The minimum atomic E-state index is 0.123. The first-order chi connectivity index (χ1) is 8.19. The number of hydrogen-bond acceptors (Lipinski definition) is 6. The average molecular weight is 249 g/mol. The molecule has 0 saturated carbocycles. The number of anilines is 2. The van der Waals surface area contributed by atoms with Gasteiger partial charge in [-0.15, -0.1) is 11.3 Å². The van der Waals surface area contributed by atoms with Crippen LogP contribution in [-0.2, 0) is 6.42 Å². The Morgan fingerprint density at radius 3 is 2.71 bits per heavy atom. The third-order valence-corrected chi connectivity index (χ3v) is 3.65. The molecule has 2 rings (SSSR count). The van der Waals surface area contributed by atoms with Crippen molar-refractivity contribution in [2.45, 2.75) is 26.3 Å². The van der Waals surface area contributed by atoms with Crippen molar-refractivity contribution in [3.05, 3.63) is 28.5 Å². The molecule has 5 nitrogen and oxygen atoms in total. The molecule has 0 saturated heterocycles. The predicted molar refractivity (Wildman–Crippen MR) is 70.0 cm³/mol. The van der Waals surface area contributed by atoms with Gasteiger partial charge in [0, 0.05) is 11.1 Å². The molecule has 0 spiro atoms. The zero-order chi connectivity index (χ0) is 12.3. The third-order valence-electron chi connectivity index (χ3n) is 2.33. The van der Waals surface area contributed by atoms with E-state index in [1.165, 1.54) is 11.1 Å². The summed E-state index contributed by atoms with van der Waals surface area (Å²) in [6.45, 7) is 4.18. The molecule has 0 aromatic carbocycles. The molecule has 0 bridgehead atoms. The van der Waals surface area contributed by atoms with Crippen LogP contribution in [-0.4, -0.2) is 15.0 Å². The van der Waals surface area contributed by atoms with Crippen molar-refractivity contribution in [2.75, 3.05) is 11.1 Å². The highest BCUT2D eigenvalue weighted by Gasteiger charge is 2.10. The number of nitrogen functional groups attached to an aromatic ring is 1. The van der Waals surface area contributed by atoms with Gasteiger partial charge >= 0.3 is 0 Å². The van der Waals surface area contributed by atoms with Crippen molar-refractivity contribution in [1.82, 2.24) is 15.0 Å². The fourth-order valence-corrected chi connectivity index (χ4v) is 2.24. The Morgan fingerprint density at radius 1 is 1.29 bits per heavy atom. The highest BCUT2D eigenvalue weighted by molar-refractivity contribution is 7.11. The first-order valence-corrected chi connectivity index (χ1v) is 6.29. The highest BCUT2D eigenvalue weighted by atomic mass is 32.1. The standard InChI is InChI=1S/C11H15N5S/c1-3-8-4-15-11(17-8)7(2)16-10-6-13-9(12)5-14-10/h4-7H,3H2,1-2H3,(H2,12,13)(H,14,16). The first kappa shape index (κ1) is 11.8. The van der Waals surface area contributed by atoms with Crippen LogP contribution in [0.4, 0.5) is 11.6 Å². The summed E-state index contributed by atoms with van der Waals surface area (Å²) in [4.78, 5) is 13.8. The molecule has 0 radical (unpaired) electrons. The lowest BCUT2D eigenvalue weighted by Crippen LogP contribution is -2.08. The predicted octanol–water partition coefficient (Wildman–Crippen LogP) is 2.25. The molecule has 90 valence electrons. The number of rotatable bonds is 4. The zero-order valence-electron chi connectivity index (χ0n) is 9.84. The maximum Gasteiger partial charge on any atom is 0.145 e.